The molecule has 50 heavy (non-hydrogen) atoms. The summed E-state index contributed by atoms with van der Waals surface area (Å²) in [5.74, 6) is 0. The van der Waals surface area contributed by atoms with Gasteiger partial charge in [0.1, 0.15) is 0 Å². The molecule has 4 nitrogen and oxygen atoms in total. The highest BCUT2D eigenvalue weighted by Crippen LogP contribution is 2.71. The highest BCUT2D eigenvalue weighted by molar-refractivity contribution is 7.65. The molecule has 0 N–H and O–H groups in total. The van der Waals surface area contributed by atoms with Crippen LogP contribution in [-0.4, -0.2) is 58.4 Å². The van der Waals surface area contributed by atoms with Crippen LogP contribution in [-0.2, 0) is 45.4 Å². The Balaban J connectivity index is 1.39. The highest BCUT2D eigenvalue weighted by Gasteiger charge is 2.60. The molecule has 0 radical (unpaired) electrons. The molecule has 0 saturated carbocycles. The van der Waals surface area contributed by atoms with Crippen molar-refractivity contribution in [2.24, 2.45) is 0 Å². The zero-order valence-corrected chi connectivity index (χ0v) is 32.6. The number of benzene rings is 4. The molecule has 4 aromatic rings. The van der Waals surface area contributed by atoms with Crippen molar-refractivity contribution in [2.45, 2.75) is 114 Å². The van der Waals surface area contributed by atoms with Gasteiger partial charge in [0, 0.05) is 11.3 Å². The molecule has 2 heterocycles. The second kappa shape index (κ2) is 16.9. The van der Waals surface area contributed by atoms with Crippen LogP contribution in [0.25, 0.3) is 0 Å². The van der Waals surface area contributed by atoms with Gasteiger partial charge in [-0.05, 0) is 44.9 Å². The summed E-state index contributed by atoms with van der Waals surface area (Å²) in [6.07, 6.45) is 1.98. The van der Waals surface area contributed by atoms with Gasteiger partial charge in [-0.25, -0.2) is 0 Å². The van der Waals surface area contributed by atoms with Crippen LogP contribution in [0.2, 0.25) is 0 Å². The molecule has 6 heteroatoms. The minimum Gasteiger partial charge on any atom is -0.370 e. The standard InChI is InChI=1S/C44H56O4P2/c1-43(2,3)49-31-37(45-27-33-19-11-7-12-20-33)39(47-29-35-23-15-9-16-24-35)41(49)42-40(48-30-36-25-17-10-18-26-36)38(32-50(42)44(4,5)6)46-28-34-21-13-8-14-22-34/h7-26,37-42H,27-32H2,1-6H3/t37-,38-,39+,40?,41-,42-,49-,50-/m1/s1. The van der Waals surface area contributed by atoms with Crippen LogP contribution in [0.1, 0.15) is 63.8 Å². The number of rotatable bonds is 13. The molecule has 0 amide bonds. The lowest BCUT2D eigenvalue weighted by Crippen LogP contribution is -2.47. The molecule has 8 atom stereocenters. The first-order chi connectivity index (χ1) is 24.1. The van der Waals surface area contributed by atoms with Crippen LogP contribution in [0.4, 0.5) is 0 Å². The predicted molar refractivity (Wildman–Crippen MR) is 211 cm³/mol. The van der Waals surface area contributed by atoms with E-state index in [1.54, 1.807) is 0 Å². The van der Waals surface area contributed by atoms with Gasteiger partial charge in [0.25, 0.3) is 0 Å². The van der Waals surface area contributed by atoms with E-state index in [0.29, 0.717) is 37.7 Å². The van der Waals surface area contributed by atoms with Gasteiger partial charge < -0.3 is 18.9 Å². The SMILES string of the molecule is CC(C)(C)[P@]1C[C@@H](OCc2ccccc2)[C@H](OCc2ccccc2)[C@@H]1[C@H]1C(OCc2ccccc2)[C@H](OCc2ccccc2)C[P@@]1C(C)(C)C. The van der Waals surface area contributed by atoms with Crippen LogP contribution in [0.3, 0.4) is 0 Å². The molecule has 0 spiro atoms. The molecular weight excluding hydrogens is 654 g/mol. The van der Waals surface area contributed by atoms with Gasteiger partial charge in [-0.15, -0.1) is 0 Å². The Morgan fingerprint density at radius 2 is 0.680 bits per heavy atom. The third kappa shape index (κ3) is 9.51. The average Bonchev–Trinajstić information content (AvgIpc) is 3.68. The summed E-state index contributed by atoms with van der Waals surface area (Å²) in [6, 6.07) is 42.5. The monoisotopic (exact) mass is 710 g/mol. The summed E-state index contributed by atoms with van der Waals surface area (Å²) in [5.41, 5.74) is 5.43. The Labute approximate surface area is 303 Å². The van der Waals surface area contributed by atoms with Gasteiger partial charge in [0.05, 0.1) is 50.8 Å². The van der Waals surface area contributed by atoms with E-state index in [9.17, 15) is 0 Å². The topological polar surface area (TPSA) is 36.9 Å². The van der Waals surface area contributed by atoms with Crippen molar-refractivity contribution < 1.29 is 18.9 Å². The molecule has 0 aliphatic carbocycles. The second-order valence-corrected chi connectivity index (χ2v) is 22.3. The summed E-state index contributed by atoms with van der Waals surface area (Å²) in [5, 5.41) is 0.232. The fourth-order valence-electron chi connectivity index (χ4n) is 7.63. The summed E-state index contributed by atoms with van der Waals surface area (Å²) in [7, 11) is -1.01. The van der Waals surface area contributed by atoms with Crippen molar-refractivity contribution in [2.75, 3.05) is 12.3 Å². The van der Waals surface area contributed by atoms with Crippen LogP contribution in [0.5, 0.6) is 0 Å². The number of ether oxygens (including phenoxy) is 4. The minimum atomic E-state index is -0.507. The first-order valence-corrected chi connectivity index (χ1v) is 21.4. The van der Waals surface area contributed by atoms with Crippen LogP contribution in [0.15, 0.2) is 121 Å². The highest BCUT2D eigenvalue weighted by atomic mass is 31.1. The molecule has 0 aromatic heterocycles. The molecule has 0 bridgehead atoms. The van der Waals surface area contributed by atoms with E-state index in [1.165, 1.54) is 22.3 Å². The number of hydrogen-bond acceptors (Lipinski definition) is 4. The lowest BCUT2D eigenvalue weighted by Gasteiger charge is -2.45. The normalized spacial score (nSPS) is 27.1. The summed E-state index contributed by atoms with van der Waals surface area (Å²) < 4.78 is 28.3. The van der Waals surface area contributed by atoms with E-state index in [-0.39, 0.29) is 34.7 Å². The van der Waals surface area contributed by atoms with E-state index >= 15 is 0 Å². The first kappa shape index (κ1) is 37.3. The van der Waals surface area contributed by atoms with E-state index < -0.39 is 15.8 Å². The molecule has 2 aliphatic heterocycles. The first-order valence-electron chi connectivity index (χ1n) is 18.2. The largest absolute Gasteiger partial charge is 0.370 e. The molecule has 4 aromatic carbocycles. The van der Waals surface area contributed by atoms with Gasteiger partial charge in [-0.2, -0.15) is 0 Å². The molecule has 2 saturated heterocycles. The van der Waals surface area contributed by atoms with Gasteiger partial charge in [-0.3, -0.25) is 0 Å². The predicted octanol–water partition coefficient (Wildman–Crippen LogP) is 10.7. The fourth-order valence-corrected chi connectivity index (χ4v) is 15.7. The van der Waals surface area contributed by atoms with E-state index in [2.05, 4.69) is 163 Å². The van der Waals surface area contributed by atoms with Crippen LogP contribution in [0, 0.1) is 0 Å². The molecule has 6 rings (SSSR count). The Hall–Kier alpha value is -2.42. The smallest absolute Gasteiger partial charge is 0.0919 e. The maximum absolute atomic E-state index is 7.18. The lowest BCUT2D eigenvalue weighted by molar-refractivity contribution is -0.0901. The lowest BCUT2D eigenvalue weighted by atomic mass is 10.0. The van der Waals surface area contributed by atoms with E-state index in [1.807, 2.05) is 0 Å². The van der Waals surface area contributed by atoms with Gasteiger partial charge in [0.15, 0.2) is 0 Å². The Morgan fingerprint density at radius 1 is 0.420 bits per heavy atom. The average molecular weight is 711 g/mol. The third-order valence-corrected chi connectivity index (χ3v) is 18.0. The molecule has 1 unspecified atom stereocenters. The van der Waals surface area contributed by atoms with Gasteiger partial charge in [-0.1, -0.05) is 179 Å². The maximum atomic E-state index is 7.18. The van der Waals surface area contributed by atoms with Crippen molar-refractivity contribution in [3.63, 3.8) is 0 Å². The van der Waals surface area contributed by atoms with Crippen molar-refractivity contribution in [3.8, 4) is 0 Å². The van der Waals surface area contributed by atoms with Crippen molar-refractivity contribution in [3.05, 3.63) is 144 Å². The number of hydrogen-bond donors (Lipinski definition) is 0. The molecule has 2 fully saturated rings. The van der Waals surface area contributed by atoms with Crippen molar-refractivity contribution >= 4 is 15.8 Å². The summed E-state index contributed by atoms with van der Waals surface area (Å²) >= 11 is 0. The van der Waals surface area contributed by atoms with Crippen molar-refractivity contribution in [1.29, 1.82) is 0 Å². The fraction of sp³-hybridized carbons (Fsp3) is 0.455. The minimum absolute atomic E-state index is 0.00475. The van der Waals surface area contributed by atoms with E-state index in [4.69, 9.17) is 18.9 Å². The molecular formula is C44H56O4P2. The maximum Gasteiger partial charge on any atom is 0.0919 e. The molecule has 2 aliphatic rings. The van der Waals surface area contributed by atoms with Gasteiger partial charge in [0.2, 0.25) is 0 Å². The molecule has 266 valence electrons. The quantitative estimate of drug-likeness (QED) is 0.130. The Kier molecular flexibility index (Phi) is 12.7. The summed E-state index contributed by atoms with van der Waals surface area (Å²) in [4.78, 5) is 0. The van der Waals surface area contributed by atoms with Crippen LogP contribution < -0.4 is 0 Å². The Bertz CT molecular complexity index is 1450. The van der Waals surface area contributed by atoms with Gasteiger partial charge >= 0.3 is 0 Å². The van der Waals surface area contributed by atoms with E-state index in [0.717, 1.165) is 12.3 Å². The third-order valence-electron chi connectivity index (χ3n) is 10.1. The summed E-state index contributed by atoms with van der Waals surface area (Å²) in [6.45, 7) is 17.0. The van der Waals surface area contributed by atoms with Crippen LogP contribution >= 0.6 is 15.8 Å². The van der Waals surface area contributed by atoms with Crippen molar-refractivity contribution in [1.82, 2.24) is 0 Å². The Morgan fingerprint density at radius 3 is 0.940 bits per heavy atom. The zero-order chi connectivity index (χ0) is 35.1. The second-order valence-electron chi connectivity index (χ2n) is 15.8. The zero-order valence-electron chi connectivity index (χ0n) is 30.8.